The molecule has 2 unspecified atom stereocenters. The van der Waals surface area contributed by atoms with Gasteiger partial charge in [0, 0.05) is 12.6 Å². The first-order valence-corrected chi connectivity index (χ1v) is 6.50. The van der Waals surface area contributed by atoms with E-state index in [0.717, 1.165) is 25.1 Å². The lowest BCUT2D eigenvalue weighted by molar-refractivity contribution is 0.0550. The molecule has 0 aromatic carbocycles. The lowest BCUT2D eigenvalue weighted by Crippen LogP contribution is -2.46. The highest BCUT2D eigenvalue weighted by Crippen LogP contribution is 2.26. The average Bonchev–Trinajstić information content (AvgIpc) is 2.35. The smallest absolute Gasteiger partial charge is 0.257 e. The van der Waals surface area contributed by atoms with Crippen LogP contribution in [0.4, 0.5) is 4.39 Å². The third-order valence-electron chi connectivity index (χ3n) is 3.67. The summed E-state index contributed by atoms with van der Waals surface area (Å²) in [5, 5.41) is 0.0619. The normalized spacial score (nSPS) is 24.1. The van der Waals surface area contributed by atoms with Crippen molar-refractivity contribution in [3.8, 4) is 0 Å². The number of aromatic nitrogens is 1. The topological polar surface area (TPSA) is 33.2 Å². The molecular formula is C13H16ClFN2O. The Morgan fingerprint density at radius 3 is 3.00 bits per heavy atom. The number of nitrogens with zero attached hydrogens (tertiary/aromatic N) is 2. The Morgan fingerprint density at radius 1 is 1.56 bits per heavy atom. The second-order valence-electron chi connectivity index (χ2n) is 4.85. The van der Waals surface area contributed by atoms with Gasteiger partial charge in [-0.3, -0.25) is 4.79 Å². The molecule has 0 saturated carbocycles. The lowest BCUT2D eigenvalue weighted by Gasteiger charge is -2.38. The largest absolute Gasteiger partial charge is 0.336 e. The maximum Gasteiger partial charge on any atom is 0.257 e. The summed E-state index contributed by atoms with van der Waals surface area (Å²) in [7, 11) is 0. The number of likely N-dealkylation sites (tertiary alicyclic amines) is 1. The summed E-state index contributed by atoms with van der Waals surface area (Å²) in [6.45, 7) is 4.83. The first kappa shape index (κ1) is 13.3. The van der Waals surface area contributed by atoms with Gasteiger partial charge in [-0.1, -0.05) is 18.5 Å². The van der Waals surface area contributed by atoms with E-state index in [1.807, 2.05) is 6.92 Å². The minimum atomic E-state index is -0.541. The molecule has 1 aromatic heterocycles. The molecule has 1 aliphatic rings. The van der Waals surface area contributed by atoms with Crippen LogP contribution in [0.3, 0.4) is 0 Å². The van der Waals surface area contributed by atoms with E-state index in [-0.39, 0.29) is 22.7 Å². The molecule has 1 saturated heterocycles. The minimum Gasteiger partial charge on any atom is -0.336 e. The van der Waals surface area contributed by atoms with Crippen LogP contribution < -0.4 is 0 Å². The fraction of sp³-hybridized carbons (Fsp3) is 0.538. The van der Waals surface area contributed by atoms with Gasteiger partial charge in [0.2, 0.25) is 0 Å². The van der Waals surface area contributed by atoms with Crippen LogP contribution >= 0.6 is 11.6 Å². The van der Waals surface area contributed by atoms with Crippen molar-refractivity contribution >= 4 is 17.5 Å². The van der Waals surface area contributed by atoms with E-state index < -0.39 is 5.82 Å². The Bertz CT molecular complexity index is 466. The zero-order chi connectivity index (χ0) is 13.3. The van der Waals surface area contributed by atoms with Crippen molar-refractivity contribution in [2.45, 2.75) is 32.7 Å². The van der Waals surface area contributed by atoms with Crippen molar-refractivity contribution in [2.24, 2.45) is 5.92 Å². The van der Waals surface area contributed by atoms with Crippen LogP contribution in [0.1, 0.15) is 37.0 Å². The predicted octanol–water partition coefficient (Wildman–Crippen LogP) is 3.13. The number of carbonyl (C=O) groups excluding carboxylic acids is 1. The van der Waals surface area contributed by atoms with Crippen LogP contribution in [0, 0.1) is 11.7 Å². The van der Waals surface area contributed by atoms with Gasteiger partial charge in [-0.05, 0) is 31.7 Å². The molecule has 2 atom stereocenters. The van der Waals surface area contributed by atoms with E-state index in [4.69, 9.17) is 11.6 Å². The third-order valence-corrected chi connectivity index (χ3v) is 3.97. The monoisotopic (exact) mass is 270 g/mol. The molecule has 18 heavy (non-hydrogen) atoms. The Hall–Kier alpha value is -1.16. The molecule has 1 aromatic rings. The van der Waals surface area contributed by atoms with E-state index in [1.54, 1.807) is 4.90 Å². The van der Waals surface area contributed by atoms with Crippen molar-refractivity contribution in [2.75, 3.05) is 6.54 Å². The van der Waals surface area contributed by atoms with E-state index in [0.29, 0.717) is 12.5 Å². The minimum absolute atomic E-state index is 0.0619. The number of halogens is 2. The highest BCUT2D eigenvalue weighted by molar-refractivity contribution is 6.32. The first-order valence-electron chi connectivity index (χ1n) is 6.12. The number of rotatable bonds is 1. The fourth-order valence-electron chi connectivity index (χ4n) is 2.35. The van der Waals surface area contributed by atoms with Crippen LogP contribution in [0.25, 0.3) is 0 Å². The SMILES string of the molecule is CC1CCCN(C(=O)c2cc(F)cnc2Cl)C1C. The van der Waals surface area contributed by atoms with Gasteiger partial charge in [0.05, 0.1) is 11.8 Å². The van der Waals surface area contributed by atoms with Crippen LogP contribution in [0.15, 0.2) is 12.3 Å². The summed E-state index contributed by atoms with van der Waals surface area (Å²) in [6.07, 6.45) is 3.10. The van der Waals surface area contributed by atoms with Gasteiger partial charge < -0.3 is 4.90 Å². The van der Waals surface area contributed by atoms with Crippen molar-refractivity contribution in [3.63, 3.8) is 0 Å². The van der Waals surface area contributed by atoms with Crippen LogP contribution in [0.2, 0.25) is 5.15 Å². The maximum absolute atomic E-state index is 13.2. The molecule has 0 radical (unpaired) electrons. The summed E-state index contributed by atoms with van der Waals surface area (Å²) in [4.78, 5) is 17.8. The molecule has 1 fully saturated rings. The highest BCUT2D eigenvalue weighted by atomic mass is 35.5. The van der Waals surface area contributed by atoms with Crippen LogP contribution in [-0.4, -0.2) is 28.4 Å². The summed E-state index contributed by atoms with van der Waals surface area (Å²) < 4.78 is 13.2. The van der Waals surface area contributed by atoms with Crippen molar-refractivity contribution < 1.29 is 9.18 Å². The summed E-state index contributed by atoms with van der Waals surface area (Å²) in [5.74, 6) is -0.325. The summed E-state index contributed by atoms with van der Waals surface area (Å²) >= 11 is 5.87. The number of carbonyl (C=O) groups is 1. The number of hydrogen-bond acceptors (Lipinski definition) is 2. The number of amides is 1. The van der Waals surface area contributed by atoms with E-state index in [2.05, 4.69) is 11.9 Å². The standard InChI is InChI=1S/C13H16ClFN2O/c1-8-4-3-5-17(9(8)2)13(18)11-6-10(15)7-16-12(11)14/h6-9H,3-5H2,1-2H3. The molecular weight excluding hydrogens is 255 g/mol. The average molecular weight is 271 g/mol. The van der Waals surface area contributed by atoms with Crippen LogP contribution in [0.5, 0.6) is 0 Å². The zero-order valence-electron chi connectivity index (χ0n) is 10.5. The molecule has 98 valence electrons. The van der Waals surface area contributed by atoms with E-state index in [1.165, 1.54) is 0 Å². The quantitative estimate of drug-likeness (QED) is 0.735. The van der Waals surface area contributed by atoms with Gasteiger partial charge in [-0.15, -0.1) is 0 Å². The second-order valence-corrected chi connectivity index (χ2v) is 5.21. The summed E-state index contributed by atoms with van der Waals surface area (Å²) in [5.41, 5.74) is 0.151. The fourth-order valence-corrected chi connectivity index (χ4v) is 2.53. The molecule has 1 aliphatic heterocycles. The maximum atomic E-state index is 13.2. The van der Waals surface area contributed by atoms with Gasteiger partial charge in [0.25, 0.3) is 5.91 Å². The van der Waals surface area contributed by atoms with E-state index in [9.17, 15) is 9.18 Å². The lowest BCUT2D eigenvalue weighted by atomic mass is 9.91. The summed E-state index contributed by atoms with van der Waals surface area (Å²) in [6, 6.07) is 1.30. The van der Waals surface area contributed by atoms with Gasteiger partial charge in [0.1, 0.15) is 11.0 Å². The Morgan fingerprint density at radius 2 is 2.28 bits per heavy atom. The Balaban J connectivity index is 2.27. The predicted molar refractivity (Wildman–Crippen MR) is 68.1 cm³/mol. The van der Waals surface area contributed by atoms with Gasteiger partial charge in [0.15, 0.2) is 0 Å². The van der Waals surface area contributed by atoms with Crippen LogP contribution in [-0.2, 0) is 0 Å². The molecule has 3 nitrogen and oxygen atoms in total. The Kier molecular flexibility index (Phi) is 3.85. The van der Waals surface area contributed by atoms with Crippen molar-refractivity contribution in [3.05, 3.63) is 28.8 Å². The second kappa shape index (κ2) is 5.22. The highest BCUT2D eigenvalue weighted by Gasteiger charge is 2.30. The molecule has 5 heteroatoms. The first-order chi connectivity index (χ1) is 8.50. The van der Waals surface area contributed by atoms with Gasteiger partial charge in [-0.2, -0.15) is 0 Å². The third kappa shape index (κ3) is 2.48. The van der Waals surface area contributed by atoms with Gasteiger partial charge in [-0.25, -0.2) is 9.37 Å². The number of piperidine rings is 1. The Labute approximate surface area is 111 Å². The molecule has 2 rings (SSSR count). The van der Waals surface area contributed by atoms with E-state index >= 15 is 0 Å². The van der Waals surface area contributed by atoms with Crippen molar-refractivity contribution in [1.29, 1.82) is 0 Å². The zero-order valence-corrected chi connectivity index (χ0v) is 11.2. The van der Waals surface area contributed by atoms with Gasteiger partial charge >= 0.3 is 0 Å². The number of hydrogen-bond donors (Lipinski definition) is 0. The molecule has 0 bridgehead atoms. The molecule has 0 spiro atoms. The molecule has 0 aliphatic carbocycles. The molecule has 1 amide bonds. The number of pyridine rings is 1. The molecule has 0 N–H and O–H groups in total. The molecule has 2 heterocycles. The van der Waals surface area contributed by atoms with Crippen molar-refractivity contribution in [1.82, 2.24) is 9.88 Å².